The molecule has 0 unspecified atom stereocenters. The zero-order chi connectivity index (χ0) is 22.5. The summed E-state index contributed by atoms with van der Waals surface area (Å²) in [6, 6.07) is 13.9. The van der Waals surface area contributed by atoms with E-state index in [1.54, 1.807) is 48.5 Å². The van der Waals surface area contributed by atoms with Crippen LogP contribution < -0.4 is 5.32 Å². The Morgan fingerprint density at radius 3 is 2.44 bits per heavy atom. The standard InChI is InChI=1S/C23H23N5O4/c29-22(21-7-3-2-6-18(21)15-27-16-20(14-24-27)28(31)32)25-19-10-8-17(9-11-19)23(30)26-12-4-1-5-13-26/h2-3,6-11,14,16H,1,4-5,12-13,15H2,(H,25,29). The first kappa shape index (κ1) is 21.2. The van der Waals surface area contributed by atoms with E-state index in [4.69, 9.17) is 0 Å². The highest BCUT2D eigenvalue weighted by molar-refractivity contribution is 6.05. The summed E-state index contributed by atoms with van der Waals surface area (Å²) in [5.74, 6) is -0.293. The Morgan fingerprint density at radius 2 is 1.75 bits per heavy atom. The maximum Gasteiger partial charge on any atom is 0.307 e. The van der Waals surface area contributed by atoms with Crippen LogP contribution in [0.4, 0.5) is 11.4 Å². The summed E-state index contributed by atoms with van der Waals surface area (Å²) < 4.78 is 1.42. The third-order valence-corrected chi connectivity index (χ3v) is 5.46. The van der Waals surface area contributed by atoms with Gasteiger partial charge in [0, 0.05) is 29.9 Å². The van der Waals surface area contributed by atoms with Gasteiger partial charge in [0.2, 0.25) is 0 Å². The second-order valence-electron chi connectivity index (χ2n) is 7.69. The molecular formula is C23H23N5O4. The minimum atomic E-state index is -0.512. The van der Waals surface area contributed by atoms with Gasteiger partial charge in [0.25, 0.3) is 11.8 Å². The molecule has 3 aromatic rings. The quantitative estimate of drug-likeness (QED) is 0.471. The second kappa shape index (κ2) is 9.42. The highest BCUT2D eigenvalue weighted by atomic mass is 16.6. The van der Waals surface area contributed by atoms with Gasteiger partial charge in [-0.1, -0.05) is 18.2 Å². The van der Waals surface area contributed by atoms with Crippen LogP contribution in [0.15, 0.2) is 60.9 Å². The number of carbonyl (C=O) groups is 2. The Hall–Kier alpha value is -4.01. The summed E-state index contributed by atoms with van der Waals surface area (Å²) >= 11 is 0. The van der Waals surface area contributed by atoms with Gasteiger partial charge in [-0.2, -0.15) is 5.10 Å². The summed E-state index contributed by atoms with van der Waals surface area (Å²) in [6.07, 6.45) is 5.73. The highest BCUT2D eigenvalue weighted by Crippen LogP contribution is 2.18. The molecule has 1 aliphatic heterocycles. The van der Waals surface area contributed by atoms with Crippen molar-refractivity contribution in [3.8, 4) is 0 Å². The van der Waals surface area contributed by atoms with Crippen molar-refractivity contribution in [1.29, 1.82) is 0 Å². The number of nitrogens with zero attached hydrogens (tertiary/aromatic N) is 4. The lowest BCUT2D eigenvalue weighted by Crippen LogP contribution is -2.35. The average molecular weight is 433 g/mol. The van der Waals surface area contributed by atoms with Crippen molar-refractivity contribution in [2.24, 2.45) is 0 Å². The Kier molecular flexibility index (Phi) is 6.25. The topological polar surface area (TPSA) is 110 Å². The van der Waals surface area contributed by atoms with Crippen molar-refractivity contribution in [3.05, 3.63) is 87.7 Å². The first-order chi connectivity index (χ1) is 15.5. The number of carbonyl (C=O) groups excluding carboxylic acids is 2. The predicted octanol–water partition coefficient (Wildman–Crippen LogP) is 3.72. The lowest BCUT2D eigenvalue weighted by atomic mass is 10.1. The smallest absolute Gasteiger partial charge is 0.307 e. The van der Waals surface area contributed by atoms with Crippen molar-refractivity contribution < 1.29 is 14.5 Å². The summed E-state index contributed by atoms with van der Waals surface area (Å²) in [5, 5.41) is 17.7. The van der Waals surface area contributed by atoms with E-state index in [9.17, 15) is 19.7 Å². The van der Waals surface area contributed by atoms with Crippen LogP contribution in [0.1, 0.15) is 45.5 Å². The molecule has 1 aromatic heterocycles. The number of benzene rings is 2. The fourth-order valence-electron chi connectivity index (χ4n) is 3.76. The highest BCUT2D eigenvalue weighted by Gasteiger charge is 2.18. The molecule has 2 amide bonds. The Balaban J connectivity index is 1.44. The summed E-state index contributed by atoms with van der Waals surface area (Å²) in [5.41, 5.74) is 2.20. The lowest BCUT2D eigenvalue weighted by Gasteiger charge is -2.26. The fraction of sp³-hybridized carbons (Fsp3) is 0.261. The minimum absolute atomic E-state index is 0.0150. The van der Waals surface area contributed by atoms with Crippen molar-refractivity contribution >= 4 is 23.2 Å². The molecule has 0 saturated carbocycles. The number of likely N-dealkylation sites (tertiary alicyclic amines) is 1. The van der Waals surface area contributed by atoms with E-state index in [-0.39, 0.29) is 24.0 Å². The number of anilines is 1. The molecule has 0 spiro atoms. The number of hydrogen-bond acceptors (Lipinski definition) is 5. The van der Waals surface area contributed by atoms with E-state index in [2.05, 4.69) is 10.4 Å². The van der Waals surface area contributed by atoms with Gasteiger partial charge < -0.3 is 10.2 Å². The van der Waals surface area contributed by atoms with E-state index in [0.717, 1.165) is 32.4 Å². The van der Waals surface area contributed by atoms with Crippen molar-refractivity contribution in [1.82, 2.24) is 14.7 Å². The van der Waals surface area contributed by atoms with Crippen LogP contribution in [0.5, 0.6) is 0 Å². The summed E-state index contributed by atoms with van der Waals surface area (Å²) in [4.78, 5) is 37.7. The van der Waals surface area contributed by atoms with E-state index in [1.165, 1.54) is 17.1 Å². The zero-order valence-electron chi connectivity index (χ0n) is 17.4. The van der Waals surface area contributed by atoms with Crippen LogP contribution >= 0.6 is 0 Å². The van der Waals surface area contributed by atoms with E-state index in [1.807, 2.05) is 4.90 Å². The maximum absolute atomic E-state index is 12.9. The first-order valence-corrected chi connectivity index (χ1v) is 10.5. The molecule has 2 aromatic carbocycles. The van der Waals surface area contributed by atoms with Gasteiger partial charge in [0.1, 0.15) is 12.4 Å². The van der Waals surface area contributed by atoms with Crippen LogP contribution in [-0.2, 0) is 6.54 Å². The number of amides is 2. The molecule has 0 aliphatic carbocycles. The number of aromatic nitrogens is 2. The van der Waals surface area contributed by atoms with E-state index >= 15 is 0 Å². The minimum Gasteiger partial charge on any atom is -0.339 e. The summed E-state index contributed by atoms with van der Waals surface area (Å²) in [6.45, 7) is 1.79. The second-order valence-corrected chi connectivity index (χ2v) is 7.69. The average Bonchev–Trinajstić information content (AvgIpc) is 3.29. The van der Waals surface area contributed by atoms with E-state index < -0.39 is 4.92 Å². The molecule has 1 N–H and O–H groups in total. The molecule has 1 saturated heterocycles. The molecule has 0 bridgehead atoms. The first-order valence-electron chi connectivity index (χ1n) is 10.5. The number of nitrogens with one attached hydrogen (secondary N) is 1. The van der Waals surface area contributed by atoms with Crippen LogP contribution in [0, 0.1) is 10.1 Å². The van der Waals surface area contributed by atoms with Gasteiger partial charge in [-0.3, -0.25) is 24.4 Å². The van der Waals surface area contributed by atoms with Gasteiger partial charge >= 0.3 is 5.69 Å². The van der Waals surface area contributed by atoms with Gasteiger partial charge in [-0.15, -0.1) is 0 Å². The van der Waals surface area contributed by atoms with Gasteiger partial charge in [-0.25, -0.2) is 0 Å². The van der Waals surface area contributed by atoms with Crippen LogP contribution in [-0.4, -0.2) is 44.5 Å². The molecule has 164 valence electrons. The molecule has 0 atom stereocenters. The largest absolute Gasteiger partial charge is 0.339 e. The van der Waals surface area contributed by atoms with Crippen molar-refractivity contribution in [3.63, 3.8) is 0 Å². The van der Waals surface area contributed by atoms with Crippen molar-refractivity contribution in [2.75, 3.05) is 18.4 Å². The number of rotatable bonds is 6. The monoisotopic (exact) mass is 433 g/mol. The van der Waals surface area contributed by atoms with Gasteiger partial charge in [0.05, 0.1) is 11.5 Å². The maximum atomic E-state index is 12.9. The molecule has 32 heavy (non-hydrogen) atoms. The number of piperidine rings is 1. The Bertz CT molecular complexity index is 1130. The van der Waals surface area contributed by atoms with Crippen LogP contribution in [0.3, 0.4) is 0 Å². The lowest BCUT2D eigenvalue weighted by molar-refractivity contribution is -0.385. The van der Waals surface area contributed by atoms with Crippen LogP contribution in [0.2, 0.25) is 0 Å². The molecule has 0 radical (unpaired) electrons. The van der Waals surface area contributed by atoms with Gasteiger partial charge in [0.15, 0.2) is 0 Å². The van der Waals surface area contributed by atoms with Crippen LogP contribution in [0.25, 0.3) is 0 Å². The van der Waals surface area contributed by atoms with Crippen molar-refractivity contribution in [2.45, 2.75) is 25.8 Å². The Labute approximate surface area is 184 Å². The molecular weight excluding hydrogens is 410 g/mol. The molecule has 9 heteroatoms. The Morgan fingerprint density at radius 1 is 1.03 bits per heavy atom. The normalized spacial score (nSPS) is 13.6. The summed E-state index contributed by atoms with van der Waals surface area (Å²) in [7, 11) is 0. The number of hydrogen-bond donors (Lipinski definition) is 1. The van der Waals surface area contributed by atoms with Gasteiger partial charge in [-0.05, 0) is 55.2 Å². The SMILES string of the molecule is O=C(Nc1ccc(C(=O)N2CCCCC2)cc1)c1ccccc1Cn1cc([N+](=O)[O-])cn1. The molecule has 2 heterocycles. The third-order valence-electron chi connectivity index (χ3n) is 5.46. The molecule has 4 rings (SSSR count). The van der Waals surface area contributed by atoms with E-state index in [0.29, 0.717) is 22.4 Å². The molecule has 1 aliphatic rings. The fourth-order valence-corrected chi connectivity index (χ4v) is 3.76. The number of nitro groups is 1. The zero-order valence-corrected chi connectivity index (χ0v) is 17.4. The predicted molar refractivity (Wildman–Crippen MR) is 119 cm³/mol. The third kappa shape index (κ3) is 4.83. The molecule has 1 fully saturated rings. The molecule has 9 nitrogen and oxygen atoms in total.